The van der Waals surface area contributed by atoms with E-state index in [1.54, 1.807) is 144 Å². The van der Waals surface area contributed by atoms with Crippen molar-refractivity contribution in [3.05, 3.63) is 71.8 Å². The molecule has 0 aliphatic heterocycles. The molecule has 834 valence electrons. The summed E-state index contributed by atoms with van der Waals surface area (Å²) in [4.78, 5) is 283. The van der Waals surface area contributed by atoms with Gasteiger partial charge in [0, 0.05) is 38.9 Å². The zero-order chi connectivity index (χ0) is 112. The van der Waals surface area contributed by atoms with E-state index < -0.39 is 295 Å². The summed E-state index contributed by atoms with van der Waals surface area (Å²) in [5.41, 5.74) is 46.3. The fourth-order valence-corrected chi connectivity index (χ4v) is 15.5. The van der Waals surface area contributed by atoms with Crippen molar-refractivity contribution in [2.45, 2.75) is 321 Å². The first-order valence-electron chi connectivity index (χ1n) is 50.5. The van der Waals surface area contributed by atoms with E-state index in [0.29, 0.717) is 24.0 Å². The lowest BCUT2D eigenvalue weighted by atomic mass is 9.95. The number of carbonyl (C=O) groups is 20. The van der Waals surface area contributed by atoms with Crippen molar-refractivity contribution in [2.75, 3.05) is 39.3 Å². The first kappa shape index (κ1) is 131. The van der Waals surface area contributed by atoms with E-state index in [0.717, 1.165) is 0 Å². The highest BCUT2D eigenvalue weighted by molar-refractivity contribution is 6.02. The number of rotatable bonds is 74. The zero-order valence-electron chi connectivity index (χ0n) is 87.5. The molecule has 149 heavy (non-hydrogen) atoms. The average molecular weight is 2100 g/mol. The third-order valence-corrected chi connectivity index (χ3v) is 24.2. The molecule has 52 nitrogen and oxygen atoms in total. The first-order chi connectivity index (χ1) is 70.2. The molecule has 0 unspecified atom stereocenters. The number of primary amides is 2. The Hall–Kier alpha value is -14.5. The molecule has 0 heterocycles. The summed E-state index contributed by atoms with van der Waals surface area (Å²) in [6.45, 7) is 19.3. The maximum Gasteiger partial charge on any atom is 0.326 e. The van der Waals surface area contributed by atoms with Crippen molar-refractivity contribution >= 4 is 136 Å². The number of hydrogen-bond donors (Lipinski definition) is 32. The van der Waals surface area contributed by atoms with Gasteiger partial charge in [0.15, 0.2) is 17.9 Å². The van der Waals surface area contributed by atoms with E-state index in [4.69, 9.17) is 62.1 Å². The number of nitrogens with one attached hydrogen (secondary N) is 22. The Balaban J connectivity index is 2.72. The van der Waals surface area contributed by atoms with Crippen LogP contribution in [0.4, 0.5) is 0 Å². The predicted octanol–water partition coefficient (Wildman–Crippen LogP) is -5.57. The second-order valence-electron chi connectivity index (χ2n) is 38.5. The largest absolute Gasteiger partial charge is 0.481 e. The number of amides is 18. The number of hydrogen-bond acceptors (Lipinski definition) is 26. The van der Waals surface area contributed by atoms with Crippen LogP contribution < -0.4 is 147 Å². The molecular weight excluding hydrogens is 1940 g/mol. The fraction of sp³-hybridized carbons (Fsp3) is 0.639. The summed E-state index contributed by atoms with van der Waals surface area (Å²) < 4.78 is 0. The Bertz CT molecular complexity index is 4750. The maximum absolute atomic E-state index is 15.0. The van der Waals surface area contributed by atoms with Gasteiger partial charge in [-0.05, 0) is 156 Å². The van der Waals surface area contributed by atoms with Crippen LogP contribution in [0, 0.1) is 51.7 Å². The van der Waals surface area contributed by atoms with Crippen LogP contribution >= 0.6 is 0 Å². The van der Waals surface area contributed by atoms with Gasteiger partial charge in [0.1, 0.15) is 96.7 Å². The van der Waals surface area contributed by atoms with E-state index in [1.165, 1.54) is 0 Å². The van der Waals surface area contributed by atoms with E-state index in [2.05, 4.69) is 101 Å². The molecule has 0 bridgehead atoms. The number of carboxylic acid groups (broad SMARTS) is 2. The number of unbranched alkanes of at least 4 members (excludes halogenated alkanes) is 2. The summed E-state index contributed by atoms with van der Waals surface area (Å²) in [5.74, 6) is -25.9. The van der Waals surface area contributed by atoms with Crippen molar-refractivity contribution in [3.63, 3.8) is 0 Å². The molecule has 18 atom stereocenters. The highest BCUT2D eigenvalue weighted by Gasteiger charge is 2.42. The minimum absolute atomic E-state index is 0.00452. The van der Waals surface area contributed by atoms with Gasteiger partial charge in [-0.25, -0.2) is 4.79 Å². The average Bonchev–Trinajstić information content (AvgIpc) is 0.826. The number of benzene rings is 2. The van der Waals surface area contributed by atoms with Gasteiger partial charge >= 0.3 is 11.9 Å². The molecule has 0 fully saturated rings. The van der Waals surface area contributed by atoms with Gasteiger partial charge in [-0.3, -0.25) is 107 Å². The monoisotopic (exact) mass is 2100 g/mol. The van der Waals surface area contributed by atoms with Crippen LogP contribution in [0.2, 0.25) is 0 Å². The van der Waals surface area contributed by atoms with Gasteiger partial charge in [0.05, 0.1) is 19.4 Å². The van der Waals surface area contributed by atoms with E-state index in [9.17, 15) is 91.7 Å². The molecule has 0 spiro atoms. The van der Waals surface area contributed by atoms with Crippen LogP contribution in [-0.4, -0.2) is 282 Å². The molecule has 0 aliphatic carbocycles. The first-order valence-corrected chi connectivity index (χ1v) is 50.5. The third-order valence-electron chi connectivity index (χ3n) is 24.2. The van der Waals surface area contributed by atoms with Gasteiger partial charge in [0.25, 0.3) is 0 Å². The van der Waals surface area contributed by atoms with E-state index >= 15 is 14.4 Å². The van der Waals surface area contributed by atoms with Crippen LogP contribution in [0.5, 0.6) is 0 Å². The Morgan fingerprint density at radius 1 is 0.295 bits per heavy atom. The topological polar surface area (TPSA) is 890 Å². The fourth-order valence-electron chi connectivity index (χ4n) is 15.5. The van der Waals surface area contributed by atoms with Gasteiger partial charge in [-0.1, -0.05) is 157 Å². The van der Waals surface area contributed by atoms with Gasteiger partial charge < -0.3 is 157 Å². The summed E-state index contributed by atoms with van der Waals surface area (Å²) >= 11 is 0. The van der Waals surface area contributed by atoms with Crippen molar-refractivity contribution in [2.24, 2.45) is 81.4 Å². The smallest absolute Gasteiger partial charge is 0.326 e. The Morgan fingerprint density at radius 2 is 0.564 bits per heavy atom. The lowest BCUT2D eigenvalue weighted by Gasteiger charge is -2.31. The molecule has 0 saturated carbocycles. The van der Waals surface area contributed by atoms with E-state index in [1.807, 2.05) is 0 Å². The minimum atomic E-state index is -2.06. The highest BCUT2D eigenvalue weighted by Crippen LogP contribution is 2.20. The zero-order valence-corrected chi connectivity index (χ0v) is 87.5. The number of guanidine groups is 3. The molecule has 2 aromatic carbocycles. The molecule has 0 aromatic heterocycles. The molecule has 0 saturated heterocycles. The number of carboxylic acids is 2. The van der Waals surface area contributed by atoms with Crippen LogP contribution in [0.15, 0.2) is 60.7 Å². The van der Waals surface area contributed by atoms with Crippen LogP contribution in [0.1, 0.15) is 223 Å². The summed E-state index contributed by atoms with van der Waals surface area (Å²) in [7, 11) is 0. The lowest BCUT2D eigenvalue weighted by molar-refractivity contribution is -0.144. The number of aliphatic carboxylic acids is 2. The van der Waals surface area contributed by atoms with Crippen molar-refractivity contribution in [1.82, 2.24) is 101 Å². The summed E-state index contributed by atoms with van der Waals surface area (Å²) in [5, 5.41) is 92.5. The second-order valence-corrected chi connectivity index (χ2v) is 38.5. The molecule has 18 amide bonds. The van der Waals surface area contributed by atoms with Crippen LogP contribution in [-0.2, 0) is 109 Å². The van der Waals surface area contributed by atoms with E-state index in [-0.39, 0.29) is 141 Å². The Kier molecular flexibility index (Phi) is 61.0. The summed E-state index contributed by atoms with van der Waals surface area (Å²) in [6.07, 6.45) is -3.07. The van der Waals surface area contributed by atoms with Crippen LogP contribution in [0.3, 0.4) is 0 Å². The predicted molar refractivity (Wildman–Crippen MR) is 553 cm³/mol. The highest BCUT2D eigenvalue weighted by atomic mass is 16.4. The van der Waals surface area contributed by atoms with Crippen LogP contribution in [0.25, 0.3) is 0 Å². The Labute approximate surface area is 869 Å². The lowest BCUT2D eigenvalue weighted by Crippen LogP contribution is -2.62. The molecule has 0 aliphatic rings. The summed E-state index contributed by atoms with van der Waals surface area (Å²) in [6, 6.07) is -8.50. The number of nitrogens with two attached hydrogens (primary N) is 8. The van der Waals surface area contributed by atoms with Gasteiger partial charge in [-0.15, -0.1) is 0 Å². The Morgan fingerprint density at radius 3 is 0.879 bits per heavy atom. The molecule has 40 N–H and O–H groups in total. The molecule has 52 heteroatoms. The van der Waals surface area contributed by atoms with Crippen molar-refractivity contribution in [3.8, 4) is 0 Å². The standard InChI is InChI=1S/C97H164N30O22/c1-13-55(11)77(126-83(137)63(36-27-43-111-97(107)108)114-82(136)64(37-38-71(101)128)118-91(145)75(53(7)8)124-93(147)78(56(12)14-2)127-84(138)62(35-26-42-110-96(105)106)113-79(133)59(32-21-23-39-98)115-86(140)67(112-73(130)50-100)46-57-28-17-15-18-29-57)92(146)117-60(33-22-24-40-99)80(134)123-70(49-74(131)132)89(143)121-68(47-58-30-19-16-20-31-58)87(141)119-65(44-51(3)4)85(139)116-61(34-25-41-109-95(103)104)81(135)122-69(48-72(102)129)88(142)120-66(45-52(5)6)90(144)125-76(54(9)10)94(148)149/h15-20,28-31,51-56,59-70,75-78H,13-14,21-27,32-50,98-100H2,1-12H3,(H2,101,128)(H2,102,129)(H,112,130)(H,113,133)(H,114,136)(H,115,140)(H,116,139)(H,117,146)(H,118,145)(H,119,141)(H,120,142)(H,121,143)(H,122,135)(H,123,134)(H,124,147)(H,125,144)(H,126,137)(H,127,138)(H,131,132)(H,148,149)(H4,103,104,109)(H4,105,106,110)(H4,107,108,111)/t55-,56-,59-,60-,61-,62-,63-,64-,65-,66-,67-,68-,69-,70-,75-,76-,77+,78-/m0/s1. The SMILES string of the molecule is CC[C@H](C)[C@H](NC(=O)[C@H](CCCNC(=N)N)NC(=O)[C@H](CCCCN)NC(=O)[C@H](Cc1ccccc1)NC(=O)CN)C(=O)N[C@H](C(=O)N[C@@H](CCC(N)=O)C(=O)N[C@@H](CCCNC(=N)N)C(=O)N[C@@H](C(=O)N[C@@H](CCCCN)C(=O)N[C@@H](CC(=O)O)C(=O)N[C@@H](Cc1ccccc1)C(=O)N[C@@H](CC(C)C)C(=O)N[C@@H](CCCNC(=N)N)C(=O)N[C@@H](CC(N)=O)C(=O)N[C@@H](CC(C)C)C(=O)N[C@H](C(=O)O)C(C)C)[C@@H](C)CC)C(C)C. The normalized spacial score (nSPS) is 14.8. The number of carbonyl (C=O) groups excluding carboxylic acids is 18. The maximum atomic E-state index is 15.0. The van der Waals surface area contributed by atoms with Gasteiger partial charge in [-0.2, -0.15) is 0 Å². The third kappa shape index (κ3) is 51.6. The van der Waals surface area contributed by atoms with Gasteiger partial charge in [0.2, 0.25) is 106 Å². The molecule has 2 aromatic rings. The van der Waals surface area contributed by atoms with Crippen molar-refractivity contribution < 1.29 is 106 Å². The van der Waals surface area contributed by atoms with Crippen molar-refractivity contribution in [1.29, 1.82) is 16.2 Å². The molecule has 0 radical (unpaired) electrons. The molecular formula is C97H164N30O22. The second kappa shape index (κ2) is 69.6. The quantitative estimate of drug-likeness (QED) is 0.0167. The molecule has 2 rings (SSSR count). The minimum Gasteiger partial charge on any atom is -0.481 e.